The van der Waals surface area contributed by atoms with Crippen LogP contribution in [-0.2, 0) is 13.0 Å². The SMILES string of the molecule is FC1CCN(c2ncnc3c2CCNC3)C1. The number of fused-ring (bicyclic) bond motifs is 1. The van der Waals surface area contributed by atoms with Crippen LogP contribution in [0.4, 0.5) is 10.2 Å². The molecule has 1 N–H and O–H groups in total. The summed E-state index contributed by atoms with van der Waals surface area (Å²) in [4.78, 5) is 10.7. The Morgan fingerprint density at radius 2 is 2.38 bits per heavy atom. The Labute approximate surface area is 93.9 Å². The normalized spacial score (nSPS) is 24.6. The van der Waals surface area contributed by atoms with Crippen LogP contribution in [0.15, 0.2) is 6.33 Å². The van der Waals surface area contributed by atoms with Gasteiger partial charge in [-0.1, -0.05) is 0 Å². The van der Waals surface area contributed by atoms with Gasteiger partial charge in [0, 0.05) is 18.7 Å². The molecule has 16 heavy (non-hydrogen) atoms. The quantitative estimate of drug-likeness (QED) is 0.758. The number of aromatic nitrogens is 2. The lowest BCUT2D eigenvalue weighted by atomic mass is 10.1. The van der Waals surface area contributed by atoms with Gasteiger partial charge in [0.2, 0.25) is 0 Å². The van der Waals surface area contributed by atoms with Crippen molar-refractivity contribution in [2.45, 2.75) is 25.6 Å². The van der Waals surface area contributed by atoms with Crippen LogP contribution in [-0.4, -0.2) is 35.8 Å². The summed E-state index contributed by atoms with van der Waals surface area (Å²) in [6.07, 6.45) is 2.45. The maximum Gasteiger partial charge on any atom is 0.135 e. The number of alkyl halides is 1. The molecule has 0 amide bonds. The van der Waals surface area contributed by atoms with E-state index in [-0.39, 0.29) is 0 Å². The third-order valence-electron chi connectivity index (χ3n) is 3.29. The van der Waals surface area contributed by atoms with Crippen molar-refractivity contribution < 1.29 is 4.39 Å². The van der Waals surface area contributed by atoms with Crippen LogP contribution >= 0.6 is 0 Å². The van der Waals surface area contributed by atoms with Gasteiger partial charge in [0.1, 0.15) is 18.3 Å². The third-order valence-corrected chi connectivity index (χ3v) is 3.29. The van der Waals surface area contributed by atoms with Crippen molar-refractivity contribution in [1.29, 1.82) is 0 Å². The predicted octanol–water partition coefficient (Wildman–Crippen LogP) is 0.670. The zero-order valence-electron chi connectivity index (χ0n) is 9.12. The van der Waals surface area contributed by atoms with Crippen molar-refractivity contribution in [3.63, 3.8) is 0 Å². The second-order valence-corrected chi connectivity index (χ2v) is 4.38. The molecule has 5 heteroatoms. The molecule has 1 aromatic heterocycles. The highest BCUT2D eigenvalue weighted by Crippen LogP contribution is 2.26. The van der Waals surface area contributed by atoms with Crippen molar-refractivity contribution in [2.75, 3.05) is 24.5 Å². The monoisotopic (exact) mass is 222 g/mol. The van der Waals surface area contributed by atoms with E-state index in [1.54, 1.807) is 6.33 Å². The van der Waals surface area contributed by atoms with Crippen molar-refractivity contribution in [2.24, 2.45) is 0 Å². The van der Waals surface area contributed by atoms with Crippen LogP contribution in [0.2, 0.25) is 0 Å². The molecule has 86 valence electrons. The number of nitrogens with zero attached hydrogens (tertiary/aromatic N) is 3. The number of anilines is 1. The number of hydrogen-bond donors (Lipinski definition) is 1. The van der Waals surface area contributed by atoms with E-state index >= 15 is 0 Å². The van der Waals surface area contributed by atoms with Gasteiger partial charge in [-0.05, 0) is 19.4 Å². The first-order valence-electron chi connectivity index (χ1n) is 5.77. The zero-order chi connectivity index (χ0) is 11.0. The topological polar surface area (TPSA) is 41.1 Å². The highest BCUT2D eigenvalue weighted by atomic mass is 19.1. The van der Waals surface area contributed by atoms with E-state index in [4.69, 9.17) is 0 Å². The van der Waals surface area contributed by atoms with Gasteiger partial charge >= 0.3 is 0 Å². The maximum atomic E-state index is 13.2. The molecule has 2 aliphatic rings. The van der Waals surface area contributed by atoms with Crippen LogP contribution < -0.4 is 10.2 Å². The van der Waals surface area contributed by atoms with Gasteiger partial charge < -0.3 is 10.2 Å². The minimum Gasteiger partial charge on any atom is -0.353 e. The highest BCUT2D eigenvalue weighted by Gasteiger charge is 2.26. The fraction of sp³-hybridized carbons (Fsp3) is 0.636. The summed E-state index contributed by atoms with van der Waals surface area (Å²) in [5, 5.41) is 3.28. The third kappa shape index (κ3) is 1.65. The Kier molecular flexibility index (Phi) is 2.47. The molecule has 4 nitrogen and oxygen atoms in total. The molecule has 0 aromatic carbocycles. The highest BCUT2D eigenvalue weighted by molar-refractivity contribution is 5.50. The largest absolute Gasteiger partial charge is 0.353 e. The fourth-order valence-electron chi connectivity index (χ4n) is 2.45. The molecule has 0 radical (unpaired) electrons. The second kappa shape index (κ2) is 3.97. The van der Waals surface area contributed by atoms with Crippen molar-refractivity contribution in [3.8, 4) is 0 Å². The lowest BCUT2D eigenvalue weighted by Gasteiger charge is -2.24. The molecule has 0 bridgehead atoms. The lowest BCUT2D eigenvalue weighted by Crippen LogP contribution is -2.29. The Bertz CT molecular complexity index is 396. The molecule has 1 aromatic rings. The average Bonchev–Trinajstić information content (AvgIpc) is 2.75. The summed E-state index contributed by atoms with van der Waals surface area (Å²) in [5.41, 5.74) is 2.27. The minimum absolute atomic E-state index is 0.483. The van der Waals surface area contributed by atoms with Crippen LogP contribution in [0.25, 0.3) is 0 Å². The average molecular weight is 222 g/mol. The first-order chi connectivity index (χ1) is 7.84. The van der Waals surface area contributed by atoms with Gasteiger partial charge in [0.15, 0.2) is 0 Å². The number of nitrogens with one attached hydrogen (secondary N) is 1. The summed E-state index contributed by atoms with van der Waals surface area (Å²) >= 11 is 0. The Balaban J connectivity index is 1.94. The molecule has 0 aliphatic carbocycles. The zero-order valence-corrected chi connectivity index (χ0v) is 9.12. The Morgan fingerprint density at radius 3 is 3.19 bits per heavy atom. The van der Waals surface area contributed by atoms with Gasteiger partial charge in [-0.25, -0.2) is 14.4 Å². The molecular formula is C11H15FN4. The minimum atomic E-state index is -0.702. The van der Waals surface area contributed by atoms with Gasteiger partial charge in [-0.15, -0.1) is 0 Å². The number of halogens is 1. The standard InChI is InChI=1S/C11H15FN4/c12-8-2-4-16(6-8)11-9-1-3-13-5-10(9)14-7-15-11/h7-8,13H,1-6H2. The molecule has 3 rings (SSSR count). The molecule has 0 saturated carbocycles. The molecule has 1 unspecified atom stereocenters. The molecule has 0 spiro atoms. The van der Waals surface area contributed by atoms with Crippen molar-refractivity contribution in [1.82, 2.24) is 15.3 Å². The van der Waals surface area contributed by atoms with Crippen LogP contribution in [0.1, 0.15) is 17.7 Å². The number of hydrogen-bond acceptors (Lipinski definition) is 4. The molecule has 1 saturated heterocycles. The van der Waals surface area contributed by atoms with E-state index in [0.29, 0.717) is 13.0 Å². The Morgan fingerprint density at radius 1 is 1.44 bits per heavy atom. The molecular weight excluding hydrogens is 207 g/mol. The maximum absolute atomic E-state index is 13.2. The summed E-state index contributed by atoms with van der Waals surface area (Å²) in [6, 6.07) is 0. The smallest absolute Gasteiger partial charge is 0.135 e. The molecule has 1 fully saturated rings. The summed E-state index contributed by atoms with van der Waals surface area (Å²) in [7, 11) is 0. The summed E-state index contributed by atoms with van der Waals surface area (Å²) in [5.74, 6) is 0.951. The van der Waals surface area contributed by atoms with E-state index in [9.17, 15) is 4.39 Å². The first kappa shape index (κ1) is 9.96. The van der Waals surface area contributed by atoms with Crippen molar-refractivity contribution >= 4 is 5.82 Å². The van der Waals surface area contributed by atoms with Crippen molar-refractivity contribution in [3.05, 3.63) is 17.6 Å². The van der Waals surface area contributed by atoms with E-state index in [1.165, 1.54) is 5.56 Å². The summed E-state index contributed by atoms with van der Waals surface area (Å²) in [6.45, 7) is 3.02. The Hall–Kier alpha value is -1.23. The van der Waals surface area contributed by atoms with Gasteiger partial charge in [0.25, 0.3) is 0 Å². The lowest BCUT2D eigenvalue weighted by molar-refractivity contribution is 0.364. The van der Waals surface area contributed by atoms with E-state index in [0.717, 1.165) is 37.6 Å². The molecule has 3 heterocycles. The molecule has 2 aliphatic heterocycles. The fourth-order valence-corrected chi connectivity index (χ4v) is 2.45. The van der Waals surface area contributed by atoms with Gasteiger partial charge in [-0.2, -0.15) is 0 Å². The summed E-state index contributed by atoms with van der Waals surface area (Å²) < 4.78 is 13.2. The van der Waals surface area contributed by atoms with E-state index < -0.39 is 6.17 Å². The van der Waals surface area contributed by atoms with Gasteiger partial charge in [0.05, 0.1) is 12.2 Å². The first-order valence-corrected chi connectivity index (χ1v) is 5.77. The van der Waals surface area contributed by atoms with E-state index in [2.05, 4.69) is 20.2 Å². The number of rotatable bonds is 1. The molecule has 1 atom stereocenters. The second-order valence-electron chi connectivity index (χ2n) is 4.38. The van der Waals surface area contributed by atoms with E-state index in [1.807, 2.05) is 0 Å². The van der Waals surface area contributed by atoms with Crippen LogP contribution in [0.3, 0.4) is 0 Å². The van der Waals surface area contributed by atoms with Gasteiger partial charge in [-0.3, -0.25) is 0 Å². The van der Waals surface area contributed by atoms with Crippen LogP contribution in [0.5, 0.6) is 0 Å². The predicted molar refractivity (Wildman–Crippen MR) is 59.2 cm³/mol. The van der Waals surface area contributed by atoms with Crippen LogP contribution in [0, 0.1) is 0 Å².